The predicted octanol–water partition coefficient (Wildman–Crippen LogP) is 10.1. The molecule has 2 aromatic heterocycles. The van der Waals surface area contributed by atoms with Gasteiger partial charge in [-0.1, -0.05) is 23.2 Å². The van der Waals surface area contributed by atoms with Crippen LogP contribution in [0.25, 0.3) is 0 Å². The highest BCUT2D eigenvalue weighted by Crippen LogP contribution is 2.38. The lowest BCUT2D eigenvalue weighted by molar-refractivity contribution is 0.101. The molecule has 4 aromatic carbocycles. The number of nitrogens with zero attached hydrogens (tertiary/aromatic N) is 4. The first kappa shape index (κ1) is 47.3. The molecule has 20 heteroatoms. The predicted molar refractivity (Wildman–Crippen MR) is 231 cm³/mol. The monoisotopic (exact) mass is 932 g/mol. The van der Waals surface area contributed by atoms with Gasteiger partial charge in [0.25, 0.3) is 11.8 Å². The molecule has 2 aliphatic rings. The number of aromatic nitrogens is 4. The van der Waals surface area contributed by atoms with Crippen LogP contribution in [0.3, 0.4) is 0 Å². The van der Waals surface area contributed by atoms with Gasteiger partial charge in [0.2, 0.25) is 23.0 Å². The third-order valence-electron chi connectivity index (χ3n) is 9.51. The van der Waals surface area contributed by atoms with E-state index in [4.69, 9.17) is 50.0 Å². The van der Waals surface area contributed by atoms with E-state index in [1.54, 1.807) is 12.1 Å². The Morgan fingerprint density at radius 3 is 1.66 bits per heavy atom. The Balaban J connectivity index is 0.000000198. The summed E-state index contributed by atoms with van der Waals surface area (Å²) in [6.45, 7) is 0. The first-order valence-corrected chi connectivity index (χ1v) is 19.5. The SMILES string of the molecule is COc1ccnc(Cl)n1.COc1ccnc(N[C@H]2CCc3c(C(=O)Nc4ccc(F)c(Cl)c4)ccc(F)c32)n1.Cl.N[C@H]1CCc2c(C(=O)Nc3ccc(F)c(Cl)c3)ccc(F)c21. The highest BCUT2D eigenvalue weighted by molar-refractivity contribution is 6.31. The minimum atomic E-state index is -0.578. The molecule has 0 bridgehead atoms. The summed E-state index contributed by atoms with van der Waals surface area (Å²) >= 11 is 16.9. The second-order valence-corrected chi connectivity index (χ2v) is 14.5. The maximum Gasteiger partial charge on any atom is 0.255 e. The number of hydrogen-bond acceptors (Lipinski definition) is 10. The summed E-state index contributed by atoms with van der Waals surface area (Å²) in [5.74, 6) is -1.58. The van der Waals surface area contributed by atoms with E-state index in [-0.39, 0.29) is 45.6 Å². The second-order valence-electron chi connectivity index (χ2n) is 13.3. The van der Waals surface area contributed by atoms with Crippen LogP contribution in [-0.4, -0.2) is 46.0 Å². The van der Waals surface area contributed by atoms with E-state index in [1.807, 2.05) is 0 Å². The zero-order valence-electron chi connectivity index (χ0n) is 32.6. The van der Waals surface area contributed by atoms with E-state index in [0.29, 0.717) is 88.1 Å². The van der Waals surface area contributed by atoms with E-state index >= 15 is 0 Å². The fourth-order valence-electron chi connectivity index (χ4n) is 6.69. The van der Waals surface area contributed by atoms with Crippen molar-refractivity contribution in [3.8, 4) is 11.8 Å². The van der Waals surface area contributed by atoms with Gasteiger partial charge in [0.1, 0.15) is 23.3 Å². The molecular weight excluding hydrogens is 898 g/mol. The highest BCUT2D eigenvalue weighted by Gasteiger charge is 2.31. The molecule has 0 unspecified atom stereocenters. The lowest BCUT2D eigenvalue weighted by atomic mass is 10.0. The Labute approximate surface area is 374 Å². The minimum Gasteiger partial charge on any atom is -0.481 e. The van der Waals surface area contributed by atoms with Gasteiger partial charge in [0, 0.05) is 64.2 Å². The van der Waals surface area contributed by atoms with Gasteiger partial charge in [-0.25, -0.2) is 27.5 Å². The molecule has 0 spiro atoms. The summed E-state index contributed by atoms with van der Waals surface area (Å²) in [5.41, 5.74) is 9.39. The molecule has 5 N–H and O–H groups in total. The zero-order valence-corrected chi connectivity index (χ0v) is 35.7. The van der Waals surface area contributed by atoms with Crippen molar-refractivity contribution in [2.24, 2.45) is 5.73 Å². The van der Waals surface area contributed by atoms with Gasteiger partial charge in [-0.05, 0) is 109 Å². The average Bonchev–Trinajstić information content (AvgIpc) is 3.86. The maximum absolute atomic E-state index is 14.7. The van der Waals surface area contributed by atoms with Gasteiger partial charge in [0.05, 0.1) is 30.3 Å². The molecule has 0 fully saturated rings. The smallest absolute Gasteiger partial charge is 0.255 e. The van der Waals surface area contributed by atoms with Crippen LogP contribution in [0.5, 0.6) is 11.8 Å². The van der Waals surface area contributed by atoms with Crippen molar-refractivity contribution in [2.75, 3.05) is 30.2 Å². The number of ether oxygens (including phenoxy) is 2. The third kappa shape index (κ3) is 11.4. The number of methoxy groups -OCH3 is 2. The van der Waals surface area contributed by atoms with Gasteiger partial charge < -0.3 is 31.2 Å². The summed E-state index contributed by atoms with van der Waals surface area (Å²) in [7, 11) is 3.02. The van der Waals surface area contributed by atoms with Crippen molar-refractivity contribution in [2.45, 2.75) is 37.8 Å². The largest absolute Gasteiger partial charge is 0.481 e. The quantitative estimate of drug-likeness (QED) is 0.0852. The van der Waals surface area contributed by atoms with Crippen molar-refractivity contribution in [3.63, 3.8) is 0 Å². The van der Waals surface area contributed by atoms with Crippen LogP contribution in [0.1, 0.15) is 67.9 Å². The molecule has 324 valence electrons. The third-order valence-corrected chi connectivity index (χ3v) is 10.3. The van der Waals surface area contributed by atoms with Crippen molar-refractivity contribution in [3.05, 3.63) is 157 Å². The molecule has 62 heavy (non-hydrogen) atoms. The van der Waals surface area contributed by atoms with Gasteiger partial charge in [0.15, 0.2) is 0 Å². The van der Waals surface area contributed by atoms with Crippen molar-refractivity contribution in [1.82, 2.24) is 19.9 Å². The Hall–Kier alpha value is -5.78. The van der Waals surface area contributed by atoms with Crippen LogP contribution in [-0.2, 0) is 12.8 Å². The van der Waals surface area contributed by atoms with Crippen LogP contribution >= 0.6 is 47.2 Å². The van der Waals surface area contributed by atoms with Crippen LogP contribution in [0.4, 0.5) is 34.9 Å². The van der Waals surface area contributed by atoms with Crippen molar-refractivity contribution >= 4 is 76.3 Å². The molecule has 0 saturated heterocycles. The number of fused-ring (bicyclic) bond motifs is 2. The minimum absolute atomic E-state index is 0. The summed E-state index contributed by atoms with van der Waals surface area (Å²) in [6.07, 6.45) is 5.31. The molecule has 12 nitrogen and oxygen atoms in total. The van der Waals surface area contributed by atoms with E-state index < -0.39 is 29.3 Å². The Morgan fingerprint density at radius 2 is 1.15 bits per heavy atom. The summed E-state index contributed by atoms with van der Waals surface area (Å²) < 4.78 is 64.8. The Kier molecular flexibility index (Phi) is 16.3. The molecule has 2 heterocycles. The molecule has 2 atom stereocenters. The molecule has 6 aromatic rings. The number of hydrogen-bond donors (Lipinski definition) is 4. The number of rotatable bonds is 8. The molecule has 0 saturated carbocycles. The summed E-state index contributed by atoms with van der Waals surface area (Å²) in [6, 6.07) is 15.7. The number of benzene rings is 4. The standard InChI is InChI=1S/C21H17ClF2N4O2.C16H13ClF2N2O.C5H5ClN2O.ClH/c1-30-18-8-9-25-21(28-18)27-17-7-4-12-13(3-6-16(24)19(12)17)20(29)26-11-2-5-15(23)14(22)10-11;17-11-7-8(1-4-12(11)18)21-16(22)10-2-5-13(19)15-9(10)3-6-14(15)20;1-9-4-2-3-7-5(6)8-4;/h2-3,5-6,8-10,17H,4,7H2,1H3,(H,26,29)(H,25,27,28);1-2,4-5,7,14H,3,6,20H2,(H,21,22);2-3H,1H3;1H/t17-;14-;;/m00../s1. The first-order valence-electron chi connectivity index (χ1n) is 18.3. The topological polar surface area (TPSA) is 166 Å². The number of carbonyl (C=O) groups is 2. The summed E-state index contributed by atoms with van der Waals surface area (Å²) in [4.78, 5) is 40.9. The fraction of sp³-hybridized carbons (Fsp3) is 0.190. The number of nitrogens with one attached hydrogen (secondary N) is 3. The number of halogens is 8. The van der Waals surface area contributed by atoms with Gasteiger partial charge in [-0.2, -0.15) is 9.97 Å². The average molecular weight is 935 g/mol. The molecular formula is C42H36Cl4F4N8O4. The van der Waals surface area contributed by atoms with Crippen LogP contribution in [0.2, 0.25) is 15.3 Å². The molecule has 2 amide bonds. The zero-order chi connectivity index (χ0) is 43.8. The number of amides is 2. The van der Waals surface area contributed by atoms with Crippen LogP contribution < -0.4 is 31.2 Å². The lowest BCUT2D eigenvalue weighted by Crippen LogP contribution is -2.16. The Morgan fingerprint density at radius 1 is 0.661 bits per heavy atom. The maximum atomic E-state index is 14.7. The molecule has 0 radical (unpaired) electrons. The number of anilines is 3. The van der Waals surface area contributed by atoms with E-state index in [2.05, 4.69) is 35.9 Å². The molecule has 8 rings (SSSR count). The highest BCUT2D eigenvalue weighted by atomic mass is 35.5. The van der Waals surface area contributed by atoms with Crippen molar-refractivity contribution < 1.29 is 36.6 Å². The molecule has 0 aliphatic heterocycles. The lowest BCUT2D eigenvalue weighted by Gasteiger charge is -2.16. The second kappa shape index (κ2) is 21.3. The van der Waals surface area contributed by atoms with E-state index in [9.17, 15) is 27.2 Å². The van der Waals surface area contributed by atoms with Crippen LogP contribution in [0.15, 0.2) is 85.2 Å². The molecule has 2 aliphatic carbocycles. The van der Waals surface area contributed by atoms with Crippen molar-refractivity contribution in [1.29, 1.82) is 0 Å². The van der Waals surface area contributed by atoms with Gasteiger partial charge >= 0.3 is 0 Å². The van der Waals surface area contributed by atoms with E-state index in [0.717, 1.165) is 0 Å². The van der Waals surface area contributed by atoms with E-state index in [1.165, 1.54) is 87.3 Å². The van der Waals surface area contributed by atoms with Gasteiger partial charge in [-0.15, -0.1) is 12.4 Å². The fourth-order valence-corrected chi connectivity index (χ4v) is 7.20. The van der Waals surface area contributed by atoms with Crippen LogP contribution in [0, 0.1) is 23.3 Å². The number of nitrogens with two attached hydrogens (primary N) is 1. The normalized spacial score (nSPS) is 14.4. The summed E-state index contributed by atoms with van der Waals surface area (Å²) in [5, 5.41) is 8.45. The first-order chi connectivity index (χ1) is 29.3. The number of carbonyl (C=O) groups excluding carboxylic acids is 2. The van der Waals surface area contributed by atoms with Gasteiger partial charge in [-0.3, -0.25) is 9.59 Å². The Bertz CT molecular complexity index is 2600.